The van der Waals surface area contributed by atoms with Crippen LogP contribution in [0.1, 0.15) is 0 Å². The lowest BCUT2D eigenvalue weighted by Gasteiger charge is -1.96. The standard InChI is InChI=1S/C6H6O2/c1-3-7-5-2-6-8-4-1/h1-6H/b3-1-,5-2-. The molecule has 0 fully saturated rings. The van der Waals surface area contributed by atoms with Crippen molar-refractivity contribution in [1.82, 2.24) is 0 Å². The van der Waals surface area contributed by atoms with Crippen LogP contribution in [0.2, 0.25) is 0 Å². The fraction of sp³-hybridized carbons (Fsp3) is 0. The minimum Gasteiger partial charge on any atom is -0.473 e. The quantitative estimate of drug-likeness (QED) is 0.469. The van der Waals surface area contributed by atoms with Crippen LogP contribution in [-0.4, -0.2) is 0 Å². The maximum Gasteiger partial charge on any atom is 0.110 e. The second-order valence-corrected chi connectivity index (χ2v) is 1.20. The summed E-state index contributed by atoms with van der Waals surface area (Å²) in [5.74, 6) is 0. The molecule has 42 valence electrons. The molecule has 0 aromatic carbocycles. The predicted octanol–water partition coefficient (Wildman–Crippen LogP) is 1.38. The van der Waals surface area contributed by atoms with Gasteiger partial charge in [0.15, 0.2) is 0 Å². The zero-order chi connectivity index (χ0) is 5.66. The number of hydrogen-bond donors (Lipinski definition) is 0. The molecule has 1 heterocycles. The molecule has 8 heavy (non-hydrogen) atoms. The van der Waals surface area contributed by atoms with E-state index < -0.39 is 0 Å². The van der Waals surface area contributed by atoms with E-state index in [2.05, 4.69) is 0 Å². The minimum atomic E-state index is 1.53. The summed E-state index contributed by atoms with van der Waals surface area (Å²) in [5.41, 5.74) is 0. The van der Waals surface area contributed by atoms with Gasteiger partial charge in [-0.25, -0.2) is 0 Å². The van der Waals surface area contributed by atoms with Crippen molar-refractivity contribution < 1.29 is 9.47 Å². The van der Waals surface area contributed by atoms with Crippen LogP contribution in [0.4, 0.5) is 0 Å². The highest BCUT2D eigenvalue weighted by Gasteiger charge is 1.83. The van der Waals surface area contributed by atoms with Gasteiger partial charge in [-0.3, -0.25) is 0 Å². The summed E-state index contributed by atoms with van der Waals surface area (Å²) in [7, 11) is 0. The first-order chi connectivity index (χ1) is 4.00. The smallest absolute Gasteiger partial charge is 0.110 e. The molecule has 0 atom stereocenters. The SMILES string of the molecule is [CH]1/C=C\O/C=C\[CH]O1. The molecule has 0 aromatic rings. The van der Waals surface area contributed by atoms with Gasteiger partial charge in [0, 0.05) is 0 Å². The second-order valence-electron chi connectivity index (χ2n) is 1.20. The average Bonchev–Trinajstić information content (AvgIpc) is 1.62. The van der Waals surface area contributed by atoms with Gasteiger partial charge in [-0.15, -0.1) is 0 Å². The Morgan fingerprint density at radius 1 is 0.750 bits per heavy atom. The van der Waals surface area contributed by atoms with E-state index in [1.807, 2.05) is 0 Å². The average molecular weight is 110 g/mol. The number of ether oxygens (including phenoxy) is 2. The Kier molecular flexibility index (Phi) is 2.20. The maximum atomic E-state index is 4.77. The lowest BCUT2D eigenvalue weighted by atomic mass is 10.6. The zero-order valence-electron chi connectivity index (χ0n) is 4.28. The molecule has 2 heteroatoms. The van der Waals surface area contributed by atoms with Gasteiger partial charge in [0.25, 0.3) is 0 Å². The summed E-state index contributed by atoms with van der Waals surface area (Å²) in [6.45, 7) is 3.06. The first-order valence-electron chi connectivity index (χ1n) is 2.28. The van der Waals surface area contributed by atoms with Crippen LogP contribution in [0.3, 0.4) is 0 Å². The Hall–Kier alpha value is -0.760. The Bertz CT molecular complexity index is 93.1. The second kappa shape index (κ2) is 3.27. The largest absolute Gasteiger partial charge is 0.473 e. The Morgan fingerprint density at radius 3 is 2.00 bits per heavy atom. The van der Waals surface area contributed by atoms with Crippen molar-refractivity contribution in [1.29, 1.82) is 0 Å². The van der Waals surface area contributed by atoms with Crippen LogP contribution in [-0.2, 0) is 9.47 Å². The molecule has 0 saturated carbocycles. The van der Waals surface area contributed by atoms with Crippen molar-refractivity contribution in [2.45, 2.75) is 0 Å². The molecule has 0 amide bonds. The molecular formula is C6H6O2. The van der Waals surface area contributed by atoms with Crippen LogP contribution >= 0.6 is 0 Å². The summed E-state index contributed by atoms with van der Waals surface area (Å²) in [6.07, 6.45) is 6.40. The van der Waals surface area contributed by atoms with Crippen molar-refractivity contribution in [3.8, 4) is 0 Å². The fourth-order valence-corrected chi connectivity index (χ4v) is 0.336. The van der Waals surface area contributed by atoms with Crippen molar-refractivity contribution in [2.24, 2.45) is 0 Å². The third-order valence-corrected chi connectivity index (χ3v) is 0.629. The normalized spacial score (nSPS) is 27.0. The first-order valence-corrected chi connectivity index (χ1v) is 2.28. The zero-order valence-corrected chi connectivity index (χ0v) is 4.28. The van der Waals surface area contributed by atoms with Crippen LogP contribution in [0.5, 0.6) is 0 Å². The van der Waals surface area contributed by atoms with E-state index in [9.17, 15) is 0 Å². The lowest BCUT2D eigenvalue weighted by Crippen LogP contribution is -1.81. The number of rotatable bonds is 0. The van der Waals surface area contributed by atoms with E-state index in [-0.39, 0.29) is 0 Å². The summed E-state index contributed by atoms with van der Waals surface area (Å²) >= 11 is 0. The molecule has 1 rings (SSSR count). The van der Waals surface area contributed by atoms with Crippen molar-refractivity contribution in [2.75, 3.05) is 0 Å². The van der Waals surface area contributed by atoms with Gasteiger partial charge in [-0.05, 0) is 12.2 Å². The van der Waals surface area contributed by atoms with Gasteiger partial charge in [0.05, 0.1) is 12.5 Å². The molecule has 0 spiro atoms. The molecule has 0 unspecified atom stereocenters. The summed E-state index contributed by atoms with van der Waals surface area (Å²) in [4.78, 5) is 0. The molecule has 0 aliphatic carbocycles. The highest BCUT2D eigenvalue weighted by molar-refractivity contribution is 4.93. The third kappa shape index (κ3) is 1.80. The molecule has 2 radical (unpaired) electrons. The van der Waals surface area contributed by atoms with Crippen molar-refractivity contribution >= 4 is 0 Å². The lowest BCUT2D eigenvalue weighted by molar-refractivity contribution is 0.298. The summed E-state index contributed by atoms with van der Waals surface area (Å²) < 4.78 is 9.54. The van der Waals surface area contributed by atoms with Gasteiger partial charge < -0.3 is 9.47 Å². The highest BCUT2D eigenvalue weighted by Crippen LogP contribution is 1.95. The van der Waals surface area contributed by atoms with E-state index >= 15 is 0 Å². The monoisotopic (exact) mass is 110 g/mol. The van der Waals surface area contributed by atoms with Gasteiger partial charge in [-0.1, -0.05) is 0 Å². The van der Waals surface area contributed by atoms with E-state index in [0.29, 0.717) is 0 Å². The van der Waals surface area contributed by atoms with Crippen LogP contribution in [0, 0.1) is 13.2 Å². The molecule has 1 aliphatic heterocycles. The third-order valence-electron chi connectivity index (χ3n) is 0.629. The Balaban J connectivity index is 2.31. The highest BCUT2D eigenvalue weighted by atomic mass is 16.5. The van der Waals surface area contributed by atoms with E-state index in [4.69, 9.17) is 9.47 Å². The Labute approximate surface area is 48.4 Å². The molecule has 0 N–H and O–H groups in total. The van der Waals surface area contributed by atoms with E-state index in [1.165, 1.54) is 25.7 Å². The maximum absolute atomic E-state index is 4.77. The Morgan fingerprint density at radius 2 is 1.38 bits per heavy atom. The molecule has 1 aliphatic rings. The minimum absolute atomic E-state index is 1.53. The summed E-state index contributed by atoms with van der Waals surface area (Å²) in [5, 5.41) is 0. The van der Waals surface area contributed by atoms with Gasteiger partial charge in [0.1, 0.15) is 13.2 Å². The van der Waals surface area contributed by atoms with E-state index in [1.54, 1.807) is 12.2 Å². The topological polar surface area (TPSA) is 18.5 Å². The molecule has 0 aromatic heterocycles. The molecule has 0 bridgehead atoms. The van der Waals surface area contributed by atoms with Gasteiger partial charge in [0.2, 0.25) is 0 Å². The summed E-state index contributed by atoms with van der Waals surface area (Å²) in [6, 6.07) is 0. The molecule has 0 saturated heterocycles. The van der Waals surface area contributed by atoms with Gasteiger partial charge >= 0.3 is 0 Å². The van der Waals surface area contributed by atoms with Crippen LogP contribution < -0.4 is 0 Å². The van der Waals surface area contributed by atoms with Crippen molar-refractivity contribution in [3.05, 3.63) is 37.9 Å². The first kappa shape index (κ1) is 5.38. The molecule has 2 nitrogen and oxygen atoms in total. The van der Waals surface area contributed by atoms with E-state index in [0.717, 1.165) is 0 Å². The number of hydrogen-bond acceptors (Lipinski definition) is 2. The van der Waals surface area contributed by atoms with Crippen LogP contribution in [0.25, 0.3) is 0 Å². The van der Waals surface area contributed by atoms with Gasteiger partial charge in [-0.2, -0.15) is 0 Å². The molecular weight excluding hydrogens is 104 g/mol. The van der Waals surface area contributed by atoms with Crippen molar-refractivity contribution in [3.63, 3.8) is 0 Å². The predicted molar refractivity (Wildman–Crippen MR) is 29.0 cm³/mol. The fourth-order valence-electron chi connectivity index (χ4n) is 0.336. The van der Waals surface area contributed by atoms with Crippen LogP contribution in [0.15, 0.2) is 24.7 Å².